The van der Waals surface area contributed by atoms with Crippen LogP contribution in [-0.4, -0.2) is 10.2 Å². The number of hydrogen-bond donors (Lipinski definition) is 0. The molecule has 0 saturated carbocycles. The van der Waals surface area contributed by atoms with E-state index in [1.54, 1.807) is 0 Å². The highest BCUT2D eigenvalue weighted by atomic mass is 16.9. The lowest BCUT2D eigenvalue weighted by Crippen LogP contribution is -1.74. The summed E-state index contributed by atoms with van der Waals surface area (Å²) in [5.41, 5.74) is 0. The first kappa shape index (κ1) is 15.9. The third kappa shape index (κ3) is 54.2. The van der Waals surface area contributed by atoms with Gasteiger partial charge in [-0.3, -0.25) is 0 Å². The highest BCUT2D eigenvalue weighted by Gasteiger charge is 1.46. The molecule has 0 unspecified atom stereocenters. The summed E-state index contributed by atoms with van der Waals surface area (Å²) < 4.78 is 0. The zero-order chi connectivity index (χ0) is 9.86. The first-order valence-corrected chi connectivity index (χ1v) is 1.46. The molecule has 66 valence electrons. The predicted octanol–water partition coefficient (Wildman–Crippen LogP) is -0.228. The van der Waals surface area contributed by atoms with Crippen LogP contribution < -0.4 is 0 Å². The molecule has 0 amide bonds. The van der Waals surface area contributed by atoms with E-state index < -0.39 is 10.2 Å². The molecular formula is N3O8-3. The second-order valence-corrected chi connectivity index (χ2v) is 0.522. The predicted molar refractivity (Wildman–Crippen MR) is 29.9 cm³/mol. The van der Waals surface area contributed by atoms with Crippen molar-refractivity contribution >= 4 is 0 Å². The molecule has 0 rings (SSSR count). The average Bonchev–Trinajstić information content (AvgIpc) is 1.60. The first-order chi connectivity index (χ1) is 4.88. The standard InChI is InChI=1S/2NO3.HNO2/c2*2-1(3)4;2-1-3/h;;(H,2,3)/q2*-1;/p-1. The van der Waals surface area contributed by atoms with Gasteiger partial charge in [-0.25, -0.2) is 0 Å². The van der Waals surface area contributed by atoms with Crippen LogP contribution in [0.3, 0.4) is 0 Å². The highest BCUT2D eigenvalue weighted by Crippen LogP contribution is 1.44. The summed E-state index contributed by atoms with van der Waals surface area (Å²) in [4.78, 5) is 24.5. The van der Waals surface area contributed by atoms with Crippen LogP contribution in [0.4, 0.5) is 0 Å². The van der Waals surface area contributed by atoms with Gasteiger partial charge in [0.1, 0.15) is 0 Å². The minimum Gasteiger partial charge on any atom is -0.444 e. The molecule has 0 aromatic rings. The van der Waals surface area contributed by atoms with Gasteiger partial charge < -0.3 is 40.8 Å². The van der Waals surface area contributed by atoms with E-state index in [0.29, 0.717) is 0 Å². The largest absolute Gasteiger partial charge is 0.444 e. The summed E-state index contributed by atoms with van der Waals surface area (Å²) in [6.07, 6.45) is 0. The van der Waals surface area contributed by atoms with E-state index in [9.17, 15) is 0 Å². The molecule has 0 spiro atoms. The van der Waals surface area contributed by atoms with Crippen molar-refractivity contribution in [3.8, 4) is 0 Å². The number of nitrogens with zero attached hydrogens (tertiary/aromatic N) is 3. The molecule has 0 heterocycles. The van der Waals surface area contributed by atoms with Crippen molar-refractivity contribution in [1.82, 2.24) is 0 Å². The molecule has 0 N–H and O–H groups in total. The van der Waals surface area contributed by atoms with Crippen LogP contribution in [0.2, 0.25) is 0 Å². The Morgan fingerprint density at radius 3 is 0.909 bits per heavy atom. The van der Waals surface area contributed by atoms with Gasteiger partial charge in [-0.15, -0.1) is 5.34 Å². The van der Waals surface area contributed by atoms with Gasteiger partial charge in [0.25, 0.3) is 0 Å². The molecule has 0 fully saturated rings. The Labute approximate surface area is 57.6 Å². The molecular weight excluding hydrogens is 170 g/mol. The van der Waals surface area contributed by atoms with E-state index >= 15 is 0 Å². The summed E-state index contributed by atoms with van der Waals surface area (Å²) in [5.74, 6) is 0. The van der Waals surface area contributed by atoms with Crippen molar-refractivity contribution in [2.45, 2.75) is 0 Å². The molecule has 11 heavy (non-hydrogen) atoms. The Kier molecular flexibility index (Phi) is 22.6. The Morgan fingerprint density at radius 1 is 0.909 bits per heavy atom. The van der Waals surface area contributed by atoms with Gasteiger partial charge >= 0.3 is 0 Å². The molecule has 0 saturated heterocycles. The zero-order valence-corrected chi connectivity index (χ0v) is 4.61. The molecule has 0 aliphatic rings. The van der Waals surface area contributed by atoms with Crippen molar-refractivity contribution in [3.05, 3.63) is 40.8 Å². The van der Waals surface area contributed by atoms with Gasteiger partial charge in [0.2, 0.25) is 0 Å². The SMILES string of the molecule is O=N[O-].O=[N+]([O-])[O-].O=[N+]([O-])[O-]. The third-order valence-electron chi connectivity index (χ3n) is 0. The summed E-state index contributed by atoms with van der Waals surface area (Å²) in [6, 6.07) is 0. The molecule has 0 radical (unpaired) electrons. The van der Waals surface area contributed by atoms with Gasteiger partial charge in [-0.1, -0.05) is 0 Å². The molecule has 0 aliphatic heterocycles. The monoisotopic (exact) mass is 170 g/mol. The summed E-state index contributed by atoms with van der Waals surface area (Å²) in [7, 11) is 0. The van der Waals surface area contributed by atoms with Crippen LogP contribution in [-0.2, 0) is 0 Å². The molecule has 0 aliphatic carbocycles. The van der Waals surface area contributed by atoms with Crippen molar-refractivity contribution in [2.75, 3.05) is 0 Å². The van der Waals surface area contributed by atoms with Crippen molar-refractivity contribution < 1.29 is 10.2 Å². The molecule has 0 atom stereocenters. The number of rotatable bonds is 0. The maximum atomic E-state index is 8.25. The fourth-order valence-corrected chi connectivity index (χ4v) is 0. The Bertz CT molecular complexity index is 96.5. The van der Waals surface area contributed by atoms with E-state index in [-0.39, 0.29) is 0 Å². The van der Waals surface area contributed by atoms with Crippen LogP contribution in [0.5, 0.6) is 0 Å². The quantitative estimate of drug-likeness (QED) is 0.270. The highest BCUT2D eigenvalue weighted by molar-refractivity contribution is 4.21. The minimum absolute atomic E-state index is 1.00. The summed E-state index contributed by atoms with van der Waals surface area (Å²) in [5, 5.41) is 38.5. The van der Waals surface area contributed by atoms with Crippen LogP contribution >= 0.6 is 0 Å². The van der Waals surface area contributed by atoms with Crippen molar-refractivity contribution in [1.29, 1.82) is 0 Å². The second kappa shape index (κ2) is 15.7. The zero-order valence-electron chi connectivity index (χ0n) is 4.61. The first-order valence-electron chi connectivity index (χ1n) is 1.46. The van der Waals surface area contributed by atoms with Gasteiger partial charge in [-0.05, 0) is 0 Å². The van der Waals surface area contributed by atoms with Gasteiger partial charge in [0, 0.05) is 0 Å². The lowest BCUT2D eigenvalue weighted by atomic mass is 13.1. The van der Waals surface area contributed by atoms with Crippen LogP contribution in [0, 0.1) is 40.8 Å². The van der Waals surface area contributed by atoms with E-state index in [4.69, 9.17) is 40.8 Å². The van der Waals surface area contributed by atoms with Gasteiger partial charge in [0.15, 0.2) is 0 Å². The Morgan fingerprint density at radius 2 is 0.909 bits per heavy atom. The van der Waals surface area contributed by atoms with Crippen LogP contribution in [0.15, 0.2) is 5.34 Å². The summed E-state index contributed by atoms with van der Waals surface area (Å²) in [6.45, 7) is 0. The van der Waals surface area contributed by atoms with Crippen LogP contribution in [0.25, 0.3) is 0 Å². The van der Waals surface area contributed by atoms with Crippen molar-refractivity contribution in [2.24, 2.45) is 5.34 Å². The molecule has 11 nitrogen and oxygen atoms in total. The molecule has 11 heteroatoms. The third-order valence-corrected chi connectivity index (χ3v) is 0. The molecule has 0 aromatic carbocycles. The van der Waals surface area contributed by atoms with E-state index in [1.165, 1.54) is 0 Å². The second-order valence-electron chi connectivity index (χ2n) is 0.522. The normalized spacial score (nSPS) is 5.45. The van der Waals surface area contributed by atoms with E-state index in [1.807, 2.05) is 0 Å². The number of hydrogen-bond acceptors (Lipinski definition) is 9. The van der Waals surface area contributed by atoms with Gasteiger partial charge in [-0.2, -0.15) is 0 Å². The maximum Gasteiger partial charge on any atom is 0.0689 e. The molecule has 0 bridgehead atoms. The molecule has 0 aromatic heterocycles. The Balaban J connectivity index is -0.0000000886. The smallest absolute Gasteiger partial charge is 0.0689 e. The van der Waals surface area contributed by atoms with E-state index in [2.05, 4.69) is 0 Å². The topological polar surface area (TPSA) is 185 Å². The summed E-state index contributed by atoms with van der Waals surface area (Å²) >= 11 is 0. The lowest BCUT2D eigenvalue weighted by molar-refractivity contribution is -0.403. The van der Waals surface area contributed by atoms with Gasteiger partial charge in [0.05, 0.1) is 10.2 Å². The van der Waals surface area contributed by atoms with Crippen LogP contribution in [0.1, 0.15) is 0 Å². The van der Waals surface area contributed by atoms with E-state index in [0.717, 1.165) is 5.34 Å². The fourth-order valence-electron chi connectivity index (χ4n) is 0. The fraction of sp³-hybridized carbons (Fsp3) is 0. The van der Waals surface area contributed by atoms with Crippen molar-refractivity contribution in [3.63, 3.8) is 0 Å². The average molecular weight is 170 g/mol. The lowest BCUT2D eigenvalue weighted by Gasteiger charge is -1.74. The maximum absolute atomic E-state index is 8.25. The minimum atomic E-state index is -1.75. The Hall–Kier alpha value is -2.20.